The van der Waals surface area contributed by atoms with E-state index in [1.165, 1.54) is 48.5 Å². The molecule has 1 atom stereocenters. The highest BCUT2D eigenvalue weighted by Crippen LogP contribution is 2.59. The van der Waals surface area contributed by atoms with Crippen LogP contribution >= 0.6 is 31.0 Å². The SMILES string of the molecule is O=P(Oc1ccccc1)(Oc1ccccc1)OC(c1ccccc1)C(Cl)(Cl)C(F)(F)F. The van der Waals surface area contributed by atoms with E-state index in [-0.39, 0.29) is 17.1 Å². The Balaban J connectivity index is 2.04. The van der Waals surface area contributed by atoms with Crippen LogP contribution in [0.15, 0.2) is 91.0 Å². The van der Waals surface area contributed by atoms with E-state index in [4.69, 9.17) is 36.8 Å². The highest BCUT2D eigenvalue weighted by Gasteiger charge is 2.61. The summed E-state index contributed by atoms with van der Waals surface area (Å²) in [5.41, 5.74) is -0.0710. The van der Waals surface area contributed by atoms with Crippen LogP contribution in [0.5, 0.6) is 11.5 Å². The molecule has 0 heterocycles. The van der Waals surface area contributed by atoms with Crippen molar-refractivity contribution in [3.05, 3.63) is 96.6 Å². The summed E-state index contributed by atoms with van der Waals surface area (Å²) >= 11 is 11.4. The number of benzene rings is 3. The van der Waals surface area contributed by atoms with Crippen molar-refractivity contribution in [2.45, 2.75) is 16.6 Å². The van der Waals surface area contributed by atoms with E-state index in [9.17, 15) is 17.7 Å². The second-order valence-corrected chi connectivity index (χ2v) is 9.13. The summed E-state index contributed by atoms with van der Waals surface area (Å²) in [6.45, 7) is 0. The number of phosphoric ester groups is 1. The zero-order valence-corrected chi connectivity index (χ0v) is 18.1. The van der Waals surface area contributed by atoms with Crippen LogP contribution in [0.4, 0.5) is 13.2 Å². The van der Waals surface area contributed by atoms with Gasteiger partial charge in [0.25, 0.3) is 0 Å². The molecule has 10 heteroatoms. The Kier molecular flexibility index (Phi) is 7.22. The van der Waals surface area contributed by atoms with Crippen molar-refractivity contribution in [2.24, 2.45) is 0 Å². The Morgan fingerprint density at radius 3 is 1.48 bits per heavy atom. The quantitative estimate of drug-likeness (QED) is 0.239. The summed E-state index contributed by atoms with van der Waals surface area (Å²) in [6.07, 6.45) is -7.25. The second-order valence-electron chi connectivity index (χ2n) is 6.27. The van der Waals surface area contributed by atoms with E-state index < -0.39 is 24.4 Å². The summed E-state index contributed by atoms with van der Waals surface area (Å²) in [5, 5.41) is 0. The molecular weight excluding hydrogens is 475 g/mol. The average Bonchev–Trinajstić information content (AvgIpc) is 2.73. The van der Waals surface area contributed by atoms with E-state index in [1.54, 1.807) is 42.5 Å². The van der Waals surface area contributed by atoms with Crippen molar-refractivity contribution in [2.75, 3.05) is 0 Å². The van der Waals surface area contributed by atoms with Gasteiger partial charge in [-0.15, -0.1) is 0 Å². The summed E-state index contributed by atoms with van der Waals surface area (Å²) in [6, 6.07) is 22.6. The van der Waals surface area contributed by atoms with Crippen molar-refractivity contribution < 1.29 is 31.3 Å². The second kappa shape index (κ2) is 9.53. The largest absolute Gasteiger partial charge is 0.588 e. The number of rotatable bonds is 8. The van der Waals surface area contributed by atoms with E-state index >= 15 is 0 Å². The van der Waals surface area contributed by atoms with Crippen molar-refractivity contribution in [3.8, 4) is 11.5 Å². The monoisotopic (exact) mass is 490 g/mol. The van der Waals surface area contributed by atoms with E-state index in [2.05, 4.69) is 0 Å². The van der Waals surface area contributed by atoms with Gasteiger partial charge in [0.05, 0.1) is 0 Å². The van der Waals surface area contributed by atoms with Crippen LogP contribution in [-0.4, -0.2) is 10.5 Å². The molecule has 0 aliphatic heterocycles. The van der Waals surface area contributed by atoms with Gasteiger partial charge in [-0.05, 0) is 29.8 Å². The van der Waals surface area contributed by atoms with Gasteiger partial charge in [0, 0.05) is 0 Å². The Bertz CT molecular complexity index is 974. The lowest BCUT2D eigenvalue weighted by atomic mass is 10.1. The third-order valence-corrected chi connectivity index (χ3v) is 6.13. The van der Waals surface area contributed by atoms with Crippen molar-refractivity contribution in [3.63, 3.8) is 0 Å². The minimum absolute atomic E-state index is 0.0512. The maximum Gasteiger partial charge on any atom is 0.588 e. The lowest BCUT2D eigenvalue weighted by Gasteiger charge is -2.33. The molecule has 0 radical (unpaired) electrons. The fourth-order valence-corrected chi connectivity index (χ4v) is 4.41. The van der Waals surface area contributed by atoms with E-state index in [0.717, 1.165) is 0 Å². The summed E-state index contributed by atoms with van der Waals surface area (Å²) in [4.78, 5) is 0. The van der Waals surface area contributed by atoms with Gasteiger partial charge in [0.15, 0.2) is 0 Å². The van der Waals surface area contributed by atoms with Gasteiger partial charge < -0.3 is 9.05 Å². The molecule has 0 aromatic heterocycles. The molecular formula is C21H16Cl2F3O4P. The fourth-order valence-electron chi connectivity index (χ4n) is 2.52. The number of alkyl halides is 5. The molecule has 164 valence electrons. The molecule has 0 bridgehead atoms. The van der Waals surface area contributed by atoms with E-state index in [1.807, 2.05) is 0 Å². The highest BCUT2D eigenvalue weighted by atomic mass is 35.5. The van der Waals surface area contributed by atoms with E-state index in [0.29, 0.717) is 0 Å². The smallest absolute Gasteiger partial charge is 0.395 e. The molecule has 4 nitrogen and oxygen atoms in total. The lowest BCUT2D eigenvalue weighted by molar-refractivity contribution is -0.160. The Morgan fingerprint density at radius 1 is 0.710 bits per heavy atom. The van der Waals surface area contributed by atoms with Crippen LogP contribution in [-0.2, 0) is 9.09 Å². The van der Waals surface area contributed by atoms with Gasteiger partial charge in [-0.25, -0.2) is 4.57 Å². The van der Waals surface area contributed by atoms with Gasteiger partial charge in [0.1, 0.15) is 17.6 Å². The van der Waals surface area contributed by atoms with Gasteiger partial charge in [-0.2, -0.15) is 13.2 Å². The predicted molar refractivity (Wildman–Crippen MR) is 113 cm³/mol. The van der Waals surface area contributed by atoms with Crippen LogP contribution in [0, 0.1) is 0 Å². The van der Waals surface area contributed by atoms with Crippen molar-refractivity contribution in [1.82, 2.24) is 0 Å². The minimum Gasteiger partial charge on any atom is -0.395 e. The first-order chi connectivity index (χ1) is 14.6. The first-order valence-corrected chi connectivity index (χ1v) is 11.1. The fraction of sp³-hybridized carbons (Fsp3) is 0.143. The topological polar surface area (TPSA) is 44.8 Å². The number of para-hydroxylation sites is 2. The van der Waals surface area contributed by atoms with Crippen LogP contribution in [0.25, 0.3) is 0 Å². The normalized spacial score (nSPS) is 13.5. The minimum atomic E-state index is -5.12. The highest BCUT2D eigenvalue weighted by molar-refractivity contribution is 7.49. The van der Waals surface area contributed by atoms with Gasteiger partial charge in [-0.1, -0.05) is 89.9 Å². The zero-order chi connectivity index (χ0) is 22.5. The summed E-state index contributed by atoms with van der Waals surface area (Å²) in [5.74, 6) is 0.102. The first-order valence-electron chi connectivity index (χ1n) is 8.88. The Labute approximate surface area is 187 Å². The standard InChI is InChI=1S/C21H16Cl2F3O4P/c22-20(23,21(24,25)26)19(16-10-4-1-5-11-16)30-31(27,28-17-12-6-2-7-13-17)29-18-14-8-3-9-15-18/h1-15,19H. The molecule has 3 rings (SSSR count). The third kappa shape index (κ3) is 5.95. The number of hydrogen-bond acceptors (Lipinski definition) is 4. The number of halogens is 5. The molecule has 0 amide bonds. The average molecular weight is 491 g/mol. The van der Waals surface area contributed by atoms with Crippen molar-refractivity contribution in [1.29, 1.82) is 0 Å². The van der Waals surface area contributed by atoms with Crippen LogP contribution in [0.2, 0.25) is 0 Å². The molecule has 31 heavy (non-hydrogen) atoms. The number of phosphoric acid groups is 1. The van der Waals surface area contributed by atoms with Gasteiger partial charge >= 0.3 is 14.0 Å². The Morgan fingerprint density at radius 2 is 1.10 bits per heavy atom. The van der Waals surface area contributed by atoms with Gasteiger partial charge in [0.2, 0.25) is 4.33 Å². The van der Waals surface area contributed by atoms with Crippen LogP contribution in [0.1, 0.15) is 11.7 Å². The molecule has 1 unspecified atom stereocenters. The molecule has 0 spiro atoms. The molecule has 0 saturated heterocycles. The molecule has 3 aromatic carbocycles. The third-order valence-electron chi connectivity index (χ3n) is 3.96. The maximum absolute atomic E-state index is 13.7. The first kappa shape index (κ1) is 23.5. The molecule has 0 N–H and O–H groups in total. The van der Waals surface area contributed by atoms with Crippen LogP contribution in [0.3, 0.4) is 0 Å². The summed E-state index contributed by atoms with van der Waals surface area (Å²) < 4.78 is 67.3. The molecule has 0 fully saturated rings. The van der Waals surface area contributed by atoms with Crippen molar-refractivity contribution >= 4 is 31.0 Å². The lowest BCUT2D eigenvalue weighted by Crippen LogP contribution is -2.41. The van der Waals surface area contributed by atoms with Crippen LogP contribution < -0.4 is 9.05 Å². The molecule has 0 aliphatic carbocycles. The Hall–Kier alpha value is -2.18. The summed E-state index contributed by atoms with van der Waals surface area (Å²) in [7, 11) is -4.72. The van der Waals surface area contributed by atoms with Gasteiger partial charge in [-0.3, -0.25) is 4.52 Å². The maximum atomic E-state index is 13.7. The number of hydrogen-bond donors (Lipinski definition) is 0. The molecule has 0 saturated carbocycles. The predicted octanol–water partition coefficient (Wildman–Crippen LogP) is 7.75. The molecule has 0 aliphatic rings. The zero-order valence-electron chi connectivity index (χ0n) is 15.7. The molecule has 3 aromatic rings.